The van der Waals surface area contributed by atoms with E-state index in [0.29, 0.717) is 6.04 Å². The van der Waals surface area contributed by atoms with Gasteiger partial charge in [-0.25, -0.2) is 0 Å². The van der Waals surface area contributed by atoms with Crippen LogP contribution in [-0.4, -0.2) is 10.6 Å². The van der Waals surface area contributed by atoms with E-state index in [-0.39, 0.29) is 0 Å². The Kier molecular flexibility index (Phi) is 5.25. The molecule has 1 atom stereocenters. The van der Waals surface area contributed by atoms with E-state index >= 15 is 0 Å². The summed E-state index contributed by atoms with van der Waals surface area (Å²) in [4.78, 5) is 0. The minimum absolute atomic E-state index is 0.568. The molecule has 0 amide bonds. The van der Waals surface area contributed by atoms with E-state index in [1.807, 2.05) is 17.7 Å². The molecule has 1 heterocycles. The van der Waals surface area contributed by atoms with Crippen molar-refractivity contribution in [1.82, 2.24) is 9.88 Å². The lowest BCUT2D eigenvalue weighted by atomic mass is 9.93. The topological polar surface area (TPSA) is 40.8 Å². The molecular formula is C17H27N3. The minimum Gasteiger partial charge on any atom is -0.340 e. The molecule has 1 aromatic heterocycles. The zero-order valence-corrected chi connectivity index (χ0v) is 13.1. The quantitative estimate of drug-likeness (QED) is 0.851. The molecule has 1 aliphatic carbocycles. The van der Waals surface area contributed by atoms with Gasteiger partial charge in [-0.3, -0.25) is 0 Å². The monoisotopic (exact) mass is 273 g/mol. The van der Waals surface area contributed by atoms with Crippen LogP contribution in [0.3, 0.4) is 0 Å². The average molecular weight is 273 g/mol. The first-order chi connectivity index (χ1) is 9.63. The van der Waals surface area contributed by atoms with Gasteiger partial charge in [0.05, 0.1) is 0 Å². The number of nitrogens with zero attached hydrogens (tertiary/aromatic N) is 2. The zero-order valence-electron chi connectivity index (χ0n) is 13.1. The molecule has 1 aromatic rings. The summed E-state index contributed by atoms with van der Waals surface area (Å²) in [5.74, 6) is 0.817. The van der Waals surface area contributed by atoms with Gasteiger partial charge in [0, 0.05) is 25.3 Å². The molecule has 1 aliphatic rings. The number of aromatic nitrogens is 1. The van der Waals surface area contributed by atoms with Gasteiger partial charge in [0.1, 0.15) is 11.8 Å². The van der Waals surface area contributed by atoms with Crippen LogP contribution < -0.4 is 5.32 Å². The molecule has 0 spiro atoms. The van der Waals surface area contributed by atoms with Gasteiger partial charge in [0.25, 0.3) is 0 Å². The van der Waals surface area contributed by atoms with Gasteiger partial charge in [-0.2, -0.15) is 5.26 Å². The van der Waals surface area contributed by atoms with Crippen molar-refractivity contribution < 1.29 is 0 Å². The average Bonchev–Trinajstić information content (AvgIpc) is 2.68. The van der Waals surface area contributed by atoms with E-state index in [4.69, 9.17) is 5.26 Å². The predicted octanol–water partition coefficient (Wildman–Crippen LogP) is 3.65. The highest BCUT2D eigenvalue weighted by molar-refractivity contribution is 5.34. The Labute approximate surface area is 123 Å². The normalized spacial score (nSPS) is 18.5. The fourth-order valence-corrected chi connectivity index (χ4v) is 3.30. The molecular weight excluding hydrogens is 246 g/mol. The summed E-state index contributed by atoms with van der Waals surface area (Å²) in [5.41, 5.74) is 3.20. The van der Waals surface area contributed by atoms with Crippen molar-refractivity contribution in [2.75, 3.05) is 0 Å². The standard InChI is InChI=1S/C17H27N3/c1-13(15-8-6-4-5-7-9-15)19-12-16-10-17(11-18)20(3)14(16)2/h10,13,15,19H,4-9,12H2,1-3H3/t13-/m0/s1. The van der Waals surface area contributed by atoms with Crippen molar-refractivity contribution in [3.8, 4) is 6.07 Å². The molecule has 0 aliphatic heterocycles. The Hall–Kier alpha value is -1.27. The van der Waals surface area contributed by atoms with Gasteiger partial charge in [0.15, 0.2) is 0 Å². The van der Waals surface area contributed by atoms with E-state index in [0.717, 1.165) is 18.2 Å². The molecule has 3 heteroatoms. The molecule has 0 unspecified atom stereocenters. The summed E-state index contributed by atoms with van der Waals surface area (Å²) in [6, 6.07) is 4.83. The van der Waals surface area contributed by atoms with Crippen molar-refractivity contribution in [3.63, 3.8) is 0 Å². The van der Waals surface area contributed by atoms with Crippen molar-refractivity contribution >= 4 is 0 Å². The molecule has 0 bridgehead atoms. The second-order valence-corrected chi connectivity index (χ2v) is 6.23. The first kappa shape index (κ1) is 15.1. The van der Waals surface area contributed by atoms with Crippen LogP contribution in [0.4, 0.5) is 0 Å². The highest BCUT2D eigenvalue weighted by atomic mass is 15.0. The Morgan fingerprint density at radius 2 is 2.00 bits per heavy atom. The van der Waals surface area contributed by atoms with Crippen LogP contribution in [0.2, 0.25) is 0 Å². The first-order valence-corrected chi connectivity index (χ1v) is 7.92. The highest BCUT2D eigenvalue weighted by Gasteiger charge is 2.19. The molecule has 1 saturated carbocycles. The zero-order chi connectivity index (χ0) is 14.5. The van der Waals surface area contributed by atoms with Gasteiger partial charge in [0.2, 0.25) is 0 Å². The number of nitriles is 1. The molecule has 110 valence electrons. The van der Waals surface area contributed by atoms with E-state index in [1.165, 1.54) is 49.8 Å². The summed E-state index contributed by atoms with van der Waals surface area (Å²) in [7, 11) is 1.96. The van der Waals surface area contributed by atoms with Crippen molar-refractivity contribution in [3.05, 3.63) is 23.0 Å². The summed E-state index contributed by atoms with van der Waals surface area (Å²) < 4.78 is 1.98. The molecule has 0 aromatic carbocycles. The van der Waals surface area contributed by atoms with Gasteiger partial charge in [-0.05, 0) is 44.2 Å². The minimum atomic E-state index is 0.568. The van der Waals surface area contributed by atoms with E-state index < -0.39 is 0 Å². The maximum atomic E-state index is 9.08. The molecule has 2 rings (SSSR count). The largest absolute Gasteiger partial charge is 0.340 e. The second-order valence-electron chi connectivity index (χ2n) is 6.23. The second kappa shape index (κ2) is 6.95. The first-order valence-electron chi connectivity index (χ1n) is 7.92. The van der Waals surface area contributed by atoms with Crippen LogP contribution in [-0.2, 0) is 13.6 Å². The number of hydrogen-bond donors (Lipinski definition) is 1. The Bertz CT molecular complexity index is 473. The van der Waals surface area contributed by atoms with Crippen LogP contribution in [0.5, 0.6) is 0 Å². The smallest absolute Gasteiger partial charge is 0.120 e. The lowest BCUT2D eigenvalue weighted by molar-refractivity contribution is 0.336. The molecule has 20 heavy (non-hydrogen) atoms. The Morgan fingerprint density at radius 3 is 2.55 bits per heavy atom. The van der Waals surface area contributed by atoms with Gasteiger partial charge in [-0.15, -0.1) is 0 Å². The number of nitrogens with one attached hydrogen (secondary N) is 1. The van der Waals surface area contributed by atoms with Crippen LogP contribution in [0.1, 0.15) is 62.4 Å². The van der Waals surface area contributed by atoms with Gasteiger partial charge >= 0.3 is 0 Å². The van der Waals surface area contributed by atoms with Crippen molar-refractivity contribution in [1.29, 1.82) is 5.26 Å². The predicted molar refractivity (Wildman–Crippen MR) is 82.4 cm³/mol. The van der Waals surface area contributed by atoms with Crippen LogP contribution in [0.15, 0.2) is 6.07 Å². The molecule has 1 fully saturated rings. The Balaban J connectivity index is 1.93. The SMILES string of the molecule is Cc1c(CN[C@@H](C)C2CCCCCC2)cc(C#N)n1C. The van der Waals surface area contributed by atoms with Gasteiger partial charge in [-0.1, -0.05) is 25.7 Å². The number of hydrogen-bond acceptors (Lipinski definition) is 2. The summed E-state index contributed by atoms with van der Waals surface area (Å²) in [6.07, 6.45) is 8.33. The van der Waals surface area contributed by atoms with E-state index in [1.54, 1.807) is 0 Å². The summed E-state index contributed by atoms with van der Waals surface area (Å²) in [6.45, 7) is 5.28. The third kappa shape index (κ3) is 3.43. The summed E-state index contributed by atoms with van der Waals surface area (Å²) >= 11 is 0. The molecule has 1 N–H and O–H groups in total. The number of rotatable bonds is 4. The molecule has 0 saturated heterocycles. The van der Waals surface area contributed by atoms with Crippen molar-refractivity contribution in [2.45, 2.75) is 65.0 Å². The summed E-state index contributed by atoms with van der Waals surface area (Å²) in [5, 5.41) is 12.8. The maximum absolute atomic E-state index is 9.08. The van der Waals surface area contributed by atoms with E-state index in [2.05, 4.69) is 25.2 Å². The Morgan fingerprint density at radius 1 is 1.35 bits per heavy atom. The van der Waals surface area contributed by atoms with Gasteiger partial charge < -0.3 is 9.88 Å². The lowest BCUT2D eigenvalue weighted by Crippen LogP contribution is -2.33. The fraction of sp³-hybridized carbons (Fsp3) is 0.706. The fourth-order valence-electron chi connectivity index (χ4n) is 3.30. The molecule has 0 radical (unpaired) electrons. The highest BCUT2D eigenvalue weighted by Crippen LogP contribution is 2.25. The van der Waals surface area contributed by atoms with Crippen LogP contribution >= 0.6 is 0 Å². The lowest BCUT2D eigenvalue weighted by Gasteiger charge is -2.23. The molecule has 3 nitrogen and oxygen atoms in total. The third-order valence-electron chi connectivity index (χ3n) is 4.98. The van der Waals surface area contributed by atoms with Crippen LogP contribution in [0.25, 0.3) is 0 Å². The van der Waals surface area contributed by atoms with E-state index in [9.17, 15) is 0 Å². The van der Waals surface area contributed by atoms with Crippen LogP contribution in [0, 0.1) is 24.2 Å². The maximum Gasteiger partial charge on any atom is 0.120 e. The van der Waals surface area contributed by atoms with Crippen molar-refractivity contribution in [2.24, 2.45) is 13.0 Å². The third-order valence-corrected chi connectivity index (χ3v) is 4.98.